The maximum absolute atomic E-state index is 12.7. The molecule has 0 fully saturated rings. The van der Waals surface area contributed by atoms with Crippen LogP contribution >= 0.6 is 0 Å². The number of carbonyl (C=O) groups excluding carboxylic acids is 3. The summed E-state index contributed by atoms with van der Waals surface area (Å²) in [5.41, 5.74) is 0. The Kier molecular flexibility index (Phi) is 42.6. The Balaban J connectivity index is 4.44. The first kappa shape index (κ1) is 53.6. The van der Waals surface area contributed by atoms with E-state index in [0.717, 1.165) is 70.6 Å². The van der Waals surface area contributed by atoms with Crippen LogP contribution in [-0.4, -0.2) is 37.2 Å². The van der Waals surface area contributed by atoms with Gasteiger partial charge in [0.25, 0.3) is 0 Å². The lowest BCUT2D eigenvalue weighted by atomic mass is 10.1. The molecule has 1 atom stereocenters. The van der Waals surface area contributed by atoms with Crippen molar-refractivity contribution < 1.29 is 28.6 Å². The summed E-state index contributed by atoms with van der Waals surface area (Å²) in [4.78, 5) is 37.7. The fourth-order valence-electron chi connectivity index (χ4n) is 5.95. The molecule has 1 unspecified atom stereocenters. The number of hydrogen-bond acceptors (Lipinski definition) is 6. The van der Waals surface area contributed by atoms with Gasteiger partial charge in [-0.3, -0.25) is 14.4 Å². The predicted molar refractivity (Wildman–Crippen MR) is 242 cm³/mol. The zero-order chi connectivity index (χ0) is 41.5. The highest BCUT2D eigenvalue weighted by molar-refractivity contribution is 5.71. The number of unbranched alkanes of at least 4 members (excludes halogenated alkanes) is 18. The van der Waals surface area contributed by atoms with Crippen LogP contribution in [0.2, 0.25) is 0 Å². The first-order valence-electron chi connectivity index (χ1n) is 23.1. The molecule has 0 amide bonds. The second-order valence-corrected chi connectivity index (χ2v) is 15.0. The monoisotopic (exact) mass is 793 g/mol. The molecule has 324 valence electrons. The van der Waals surface area contributed by atoms with Gasteiger partial charge in [0.15, 0.2) is 6.10 Å². The SMILES string of the molecule is CC\C=C/C=C\C=C/C=C\CCCCCC(=O)OC(COC(=O)CCC/C=C\CCCCCC)COC(=O)CCCCCCCCC/C=C\C/C=C\CCCCC. The van der Waals surface area contributed by atoms with Crippen molar-refractivity contribution in [3.05, 3.63) is 85.1 Å². The fourth-order valence-corrected chi connectivity index (χ4v) is 5.95. The molecule has 0 saturated heterocycles. The van der Waals surface area contributed by atoms with E-state index in [1.807, 2.05) is 36.5 Å². The Morgan fingerprint density at radius 2 is 0.772 bits per heavy atom. The smallest absolute Gasteiger partial charge is 0.306 e. The molecule has 57 heavy (non-hydrogen) atoms. The molecule has 0 spiro atoms. The molecule has 0 radical (unpaired) electrons. The molecule has 0 aromatic heterocycles. The molecule has 6 heteroatoms. The molecule has 0 aliphatic carbocycles. The molecule has 0 saturated carbocycles. The maximum Gasteiger partial charge on any atom is 0.306 e. The summed E-state index contributed by atoms with van der Waals surface area (Å²) < 4.78 is 16.6. The van der Waals surface area contributed by atoms with Gasteiger partial charge in [-0.05, 0) is 89.9 Å². The number of allylic oxidation sites excluding steroid dienone is 14. The summed E-state index contributed by atoms with van der Waals surface area (Å²) in [6, 6.07) is 0. The highest BCUT2D eigenvalue weighted by Crippen LogP contribution is 2.12. The van der Waals surface area contributed by atoms with Crippen molar-refractivity contribution in [3.8, 4) is 0 Å². The maximum atomic E-state index is 12.7. The van der Waals surface area contributed by atoms with Crippen molar-refractivity contribution in [2.75, 3.05) is 13.2 Å². The third-order valence-electron chi connectivity index (χ3n) is 9.45. The number of hydrogen-bond donors (Lipinski definition) is 0. The molecule has 0 aromatic carbocycles. The van der Waals surface area contributed by atoms with Gasteiger partial charge in [0.2, 0.25) is 0 Å². The van der Waals surface area contributed by atoms with E-state index < -0.39 is 6.10 Å². The highest BCUT2D eigenvalue weighted by Gasteiger charge is 2.19. The topological polar surface area (TPSA) is 78.9 Å². The molecular formula is C51H84O6. The number of carbonyl (C=O) groups is 3. The molecule has 0 N–H and O–H groups in total. The number of rotatable bonds is 40. The van der Waals surface area contributed by atoms with Gasteiger partial charge in [-0.2, -0.15) is 0 Å². The van der Waals surface area contributed by atoms with E-state index in [0.29, 0.717) is 25.7 Å². The van der Waals surface area contributed by atoms with Crippen molar-refractivity contribution in [1.29, 1.82) is 0 Å². The average Bonchev–Trinajstić information content (AvgIpc) is 3.21. The van der Waals surface area contributed by atoms with E-state index in [9.17, 15) is 14.4 Å². The van der Waals surface area contributed by atoms with Gasteiger partial charge in [0.1, 0.15) is 13.2 Å². The molecule has 0 aliphatic rings. The van der Waals surface area contributed by atoms with Crippen molar-refractivity contribution >= 4 is 17.9 Å². The Bertz CT molecular complexity index is 1140. The molecule has 0 aromatic rings. The van der Waals surface area contributed by atoms with Crippen LogP contribution in [-0.2, 0) is 28.6 Å². The Hall–Kier alpha value is -3.41. The standard InChI is InChI=1S/C51H84O6/c1-4-7-10-13-16-19-21-23-24-25-26-28-29-32-35-38-41-44-50(53)56-47-48(46-55-49(52)43-40-37-34-31-18-15-12-9-6-3)57-51(54)45-42-39-36-33-30-27-22-20-17-14-11-8-5-2/h8,11,14,16-17,19-20,22-24,27,30-31,34,48H,4-7,9-10,12-13,15,18,21,25-26,28-29,32-33,35-47H2,1-3H3/b11-8-,17-14-,19-16-,22-20-,24-23-,30-27-,34-31-. The summed E-state index contributed by atoms with van der Waals surface area (Å²) >= 11 is 0. The summed E-state index contributed by atoms with van der Waals surface area (Å²) in [5, 5.41) is 0. The molecule has 0 rings (SSSR count). The zero-order valence-electron chi connectivity index (χ0n) is 36.8. The van der Waals surface area contributed by atoms with Crippen LogP contribution in [0.15, 0.2) is 85.1 Å². The van der Waals surface area contributed by atoms with Gasteiger partial charge in [0, 0.05) is 19.3 Å². The van der Waals surface area contributed by atoms with E-state index in [1.54, 1.807) is 0 Å². The highest BCUT2D eigenvalue weighted by atomic mass is 16.6. The zero-order valence-corrected chi connectivity index (χ0v) is 36.8. The third kappa shape index (κ3) is 43.6. The summed E-state index contributed by atoms with van der Waals surface area (Å²) in [5.74, 6) is -0.998. The third-order valence-corrected chi connectivity index (χ3v) is 9.45. The Morgan fingerprint density at radius 1 is 0.386 bits per heavy atom. The summed E-state index contributed by atoms with van der Waals surface area (Å²) in [7, 11) is 0. The average molecular weight is 793 g/mol. The van der Waals surface area contributed by atoms with Crippen molar-refractivity contribution in [2.45, 2.75) is 207 Å². The van der Waals surface area contributed by atoms with E-state index in [2.05, 4.69) is 69.4 Å². The minimum absolute atomic E-state index is 0.106. The van der Waals surface area contributed by atoms with Gasteiger partial charge < -0.3 is 14.2 Å². The van der Waals surface area contributed by atoms with Crippen molar-refractivity contribution in [2.24, 2.45) is 0 Å². The normalized spacial score (nSPS) is 12.8. The largest absolute Gasteiger partial charge is 0.462 e. The predicted octanol–water partition coefficient (Wildman–Crippen LogP) is 14.9. The van der Waals surface area contributed by atoms with E-state index >= 15 is 0 Å². The summed E-state index contributed by atoms with van der Waals surface area (Å²) in [6.07, 6.45) is 57.2. The minimum Gasteiger partial charge on any atom is -0.462 e. The van der Waals surface area contributed by atoms with Crippen LogP contribution in [0.3, 0.4) is 0 Å². The second kappa shape index (κ2) is 45.3. The lowest BCUT2D eigenvalue weighted by molar-refractivity contribution is -0.167. The Morgan fingerprint density at radius 3 is 1.35 bits per heavy atom. The summed E-state index contributed by atoms with van der Waals surface area (Å²) in [6.45, 7) is 6.35. The molecule has 0 bridgehead atoms. The quantitative estimate of drug-likeness (QED) is 0.0202. The van der Waals surface area contributed by atoms with Gasteiger partial charge in [-0.15, -0.1) is 0 Å². The van der Waals surface area contributed by atoms with Crippen LogP contribution < -0.4 is 0 Å². The molecule has 6 nitrogen and oxygen atoms in total. The first-order chi connectivity index (χ1) is 28.0. The molecule has 0 heterocycles. The lowest BCUT2D eigenvalue weighted by Gasteiger charge is -2.18. The van der Waals surface area contributed by atoms with E-state index in [4.69, 9.17) is 14.2 Å². The van der Waals surface area contributed by atoms with Crippen LogP contribution in [0.1, 0.15) is 201 Å². The van der Waals surface area contributed by atoms with Crippen LogP contribution in [0.4, 0.5) is 0 Å². The Labute approximate surface area is 350 Å². The van der Waals surface area contributed by atoms with Crippen LogP contribution in [0.25, 0.3) is 0 Å². The lowest BCUT2D eigenvalue weighted by Crippen LogP contribution is -2.30. The van der Waals surface area contributed by atoms with E-state index in [1.165, 1.54) is 77.0 Å². The van der Waals surface area contributed by atoms with Gasteiger partial charge >= 0.3 is 17.9 Å². The number of esters is 3. The first-order valence-corrected chi connectivity index (χ1v) is 23.1. The number of ether oxygens (including phenoxy) is 3. The van der Waals surface area contributed by atoms with Crippen LogP contribution in [0, 0.1) is 0 Å². The van der Waals surface area contributed by atoms with Gasteiger partial charge in [-0.1, -0.05) is 176 Å². The minimum atomic E-state index is -0.809. The molecule has 0 aliphatic heterocycles. The fraction of sp³-hybridized carbons (Fsp3) is 0.667. The molecular weight excluding hydrogens is 709 g/mol. The van der Waals surface area contributed by atoms with Gasteiger partial charge in [-0.25, -0.2) is 0 Å². The van der Waals surface area contributed by atoms with Crippen LogP contribution in [0.5, 0.6) is 0 Å². The second-order valence-electron chi connectivity index (χ2n) is 15.0. The van der Waals surface area contributed by atoms with Crippen molar-refractivity contribution in [3.63, 3.8) is 0 Å². The van der Waals surface area contributed by atoms with Gasteiger partial charge in [0.05, 0.1) is 0 Å². The van der Waals surface area contributed by atoms with E-state index in [-0.39, 0.29) is 37.5 Å². The van der Waals surface area contributed by atoms with Crippen molar-refractivity contribution in [1.82, 2.24) is 0 Å².